The van der Waals surface area contributed by atoms with Gasteiger partial charge in [0.25, 0.3) is 0 Å². The van der Waals surface area contributed by atoms with Gasteiger partial charge in [-0.15, -0.1) is 16.4 Å². The number of carbonyl (C=O) groups is 1. The third-order valence-corrected chi connectivity index (χ3v) is 5.63. The third-order valence-electron chi connectivity index (χ3n) is 4.77. The number of amides is 1. The van der Waals surface area contributed by atoms with Gasteiger partial charge in [-0.05, 0) is 36.2 Å². The molecule has 4 aromatic rings. The largest absolute Gasteiger partial charge is 0.497 e. The zero-order valence-electron chi connectivity index (χ0n) is 16.5. The fourth-order valence-corrected chi connectivity index (χ4v) is 3.98. The standard InChI is InChI=1S/C22H21FN4O2S/c1-29-17-9-6-15(7-10-17)8-11-20(28)24-13-12-16-14-30-22-25-21(26-27(16)22)18-4-2-3-5-19(18)23/h2-7,9-10,14H,8,11-13H2,1H3,(H,24,28). The molecule has 0 radical (unpaired) electrons. The zero-order chi connectivity index (χ0) is 20.9. The molecule has 0 saturated carbocycles. The van der Waals surface area contributed by atoms with E-state index in [4.69, 9.17) is 4.74 Å². The fraction of sp³-hybridized carbons (Fsp3) is 0.227. The Morgan fingerprint density at radius 1 is 1.17 bits per heavy atom. The van der Waals surface area contributed by atoms with Crippen molar-refractivity contribution in [2.24, 2.45) is 0 Å². The third kappa shape index (κ3) is 4.49. The Labute approximate surface area is 177 Å². The number of aryl methyl sites for hydroxylation is 1. The molecule has 6 nitrogen and oxygen atoms in total. The maximum atomic E-state index is 14.0. The molecule has 0 spiro atoms. The quantitative estimate of drug-likeness (QED) is 0.466. The number of halogens is 1. The van der Waals surface area contributed by atoms with E-state index in [1.807, 2.05) is 29.6 Å². The predicted octanol–water partition coefficient (Wildman–Crippen LogP) is 3.90. The van der Waals surface area contributed by atoms with E-state index in [1.54, 1.807) is 29.8 Å². The highest BCUT2D eigenvalue weighted by Gasteiger charge is 2.14. The lowest BCUT2D eigenvalue weighted by molar-refractivity contribution is -0.121. The molecular weight excluding hydrogens is 403 g/mol. The maximum absolute atomic E-state index is 14.0. The van der Waals surface area contributed by atoms with Crippen LogP contribution in [-0.4, -0.2) is 34.2 Å². The van der Waals surface area contributed by atoms with Crippen LogP contribution in [0.1, 0.15) is 17.7 Å². The number of hydrogen-bond donors (Lipinski definition) is 1. The van der Waals surface area contributed by atoms with Crippen LogP contribution >= 0.6 is 11.3 Å². The van der Waals surface area contributed by atoms with E-state index >= 15 is 0 Å². The minimum absolute atomic E-state index is 0.00271. The van der Waals surface area contributed by atoms with Gasteiger partial charge >= 0.3 is 0 Å². The number of nitrogens with one attached hydrogen (secondary N) is 1. The first-order valence-corrected chi connectivity index (χ1v) is 10.5. The monoisotopic (exact) mass is 424 g/mol. The van der Waals surface area contributed by atoms with Crippen LogP contribution in [0.5, 0.6) is 5.75 Å². The van der Waals surface area contributed by atoms with Crippen molar-refractivity contribution in [3.8, 4) is 17.1 Å². The van der Waals surface area contributed by atoms with Gasteiger partial charge in [0.1, 0.15) is 11.6 Å². The first-order valence-electron chi connectivity index (χ1n) is 9.61. The highest BCUT2D eigenvalue weighted by Crippen LogP contribution is 2.23. The number of benzene rings is 2. The number of methoxy groups -OCH3 is 1. The molecule has 4 rings (SSSR count). The predicted molar refractivity (Wildman–Crippen MR) is 114 cm³/mol. The lowest BCUT2D eigenvalue weighted by Crippen LogP contribution is -2.26. The second kappa shape index (κ2) is 9.04. The van der Waals surface area contributed by atoms with Crippen LogP contribution < -0.4 is 10.1 Å². The average molecular weight is 425 g/mol. The van der Waals surface area contributed by atoms with Gasteiger partial charge < -0.3 is 10.1 Å². The SMILES string of the molecule is COc1ccc(CCC(=O)NCCc2csc3nc(-c4ccccc4F)nn23)cc1. The van der Waals surface area contributed by atoms with Crippen molar-refractivity contribution in [1.82, 2.24) is 19.9 Å². The minimum atomic E-state index is -0.346. The zero-order valence-corrected chi connectivity index (χ0v) is 17.3. The average Bonchev–Trinajstić information content (AvgIpc) is 3.34. The van der Waals surface area contributed by atoms with Gasteiger partial charge in [0.05, 0.1) is 18.4 Å². The summed E-state index contributed by atoms with van der Waals surface area (Å²) in [5.41, 5.74) is 2.40. The van der Waals surface area contributed by atoms with E-state index in [9.17, 15) is 9.18 Å². The molecule has 1 N–H and O–H groups in total. The first-order chi connectivity index (χ1) is 14.6. The van der Waals surface area contributed by atoms with E-state index in [0.29, 0.717) is 42.2 Å². The molecule has 154 valence electrons. The van der Waals surface area contributed by atoms with E-state index in [-0.39, 0.29) is 11.7 Å². The summed E-state index contributed by atoms with van der Waals surface area (Å²) in [6, 6.07) is 14.2. The number of rotatable bonds is 8. The number of ether oxygens (including phenoxy) is 1. The Hall–Kier alpha value is -3.26. The van der Waals surface area contributed by atoms with E-state index in [0.717, 1.165) is 17.0 Å². The normalized spacial score (nSPS) is 11.0. The Morgan fingerprint density at radius 2 is 1.97 bits per heavy atom. The molecule has 0 saturated heterocycles. The number of thiazole rings is 1. The molecule has 8 heteroatoms. The van der Waals surface area contributed by atoms with Gasteiger partial charge in [0, 0.05) is 24.8 Å². The summed E-state index contributed by atoms with van der Waals surface area (Å²) in [6.45, 7) is 0.502. The second-order valence-electron chi connectivity index (χ2n) is 6.78. The smallest absolute Gasteiger partial charge is 0.220 e. The minimum Gasteiger partial charge on any atom is -0.497 e. The van der Waals surface area contributed by atoms with Crippen molar-refractivity contribution in [1.29, 1.82) is 0 Å². The summed E-state index contributed by atoms with van der Waals surface area (Å²) in [5, 5.41) is 9.35. The van der Waals surface area contributed by atoms with Gasteiger partial charge in [-0.25, -0.2) is 8.91 Å². The lowest BCUT2D eigenvalue weighted by atomic mass is 10.1. The van der Waals surface area contributed by atoms with Crippen molar-refractivity contribution >= 4 is 22.2 Å². The molecule has 0 aliphatic rings. The molecule has 0 aliphatic heterocycles. The molecule has 2 heterocycles. The van der Waals surface area contributed by atoms with Crippen LogP contribution in [0.4, 0.5) is 4.39 Å². The molecule has 30 heavy (non-hydrogen) atoms. The van der Waals surface area contributed by atoms with Gasteiger partial charge in [0.15, 0.2) is 5.82 Å². The molecule has 0 fully saturated rings. The molecule has 0 unspecified atom stereocenters. The van der Waals surface area contributed by atoms with Crippen molar-refractivity contribution in [3.63, 3.8) is 0 Å². The van der Waals surface area contributed by atoms with Gasteiger partial charge in [-0.3, -0.25) is 4.79 Å². The van der Waals surface area contributed by atoms with Crippen molar-refractivity contribution in [3.05, 3.63) is 71.0 Å². The topological polar surface area (TPSA) is 68.5 Å². The van der Waals surface area contributed by atoms with Crippen LogP contribution in [0.25, 0.3) is 16.3 Å². The highest BCUT2D eigenvalue weighted by atomic mass is 32.1. The van der Waals surface area contributed by atoms with Crippen molar-refractivity contribution in [2.45, 2.75) is 19.3 Å². The Balaban J connectivity index is 1.31. The van der Waals surface area contributed by atoms with Crippen LogP contribution in [0, 0.1) is 5.82 Å². The van der Waals surface area contributed by atoms with Crippen molar-refractivity contribution < 1.29 is 13.9 Å². The first kappa shape index (κ1) is 20.0. The van der Waals surface area contributed by atoms with E-state index < -0.39 is 0 Å². The summed E-state index contributed by atoms with van der Waals surface area (Å²) in [6.07, 6.45) is 1.72. The Morgan fingerprint density at radius 3 is 2.73 bits per heavy atom. The molecule has 1 amide bonds. The highest BCUT2D eigenvalue weighted by molar-refractivity contribution is 7.15. The second-order valence-corrected chi connectivity index (χ2v) is 7.62. The van der Waals surface area contributed by atoms with Gasteiger partial charge in [-0.1, -0.05) is 24.3 Å². The molecule has 2 aromatic carbocycles. The number of aromatic nitrogens is 3. The van der Waals surface area contributed by atoms with Crippen LogP contribution in [0.2, 0.25) is 0 Å². The van der Waals surface area contributed by atoms with Crippen LogP contribution in [0.3, 0.4) is 0 Å². The molecule has 0 bridgehead atoms. The van der Waals surface area contributed by atoms with E-state index in [1.165, 1.54) is 17.4 Å². The Bertz CT molecular complexity index is 1150. The van der Waals surface area contributed by atoms with Gasteiger partial charge in [-0.2, -0.15) is 4.98 Å². The molecular formula is C22H21FN4O2S. The molecule has 0 atom stereocenters. The maximum Gasteiger partial charge on any atom is 0.220 e. The number of fused-ring (bicyclic) bond motifs is 1. The summed E-state index contributed by atoms with van der Waals surface area (Å²) in [5.74, 6) is 0.825. The number of carbonyl (C=O) groups excluding carboxylic acids is 1. The van der Waals surface area contributed by atoms with Gasteiger partial charge in [0.2, 0.25) is 10.9 Å². The lowest BCUT2D eigenvalue weighted by Gasteiger charge is -2.06. The number of hydrogen-bond acceptors (Lipinski definition) is 5. The van der Waals surface area contributed by atoms with Crippen molar-refractivity contribution in [2.75, 3.05) is 13.7 Å². The fourth-order valence-electron chi connectivity index (χ4n) is 3.12. The summed E-state index contributed by atoms with van der Waals surface area (Å²) >= 11 is 1.45. The summed E-state index contributed by atoms with van der Waals surface area (Å²) < 4.78 is 20.9. The van der Waals surface area contributed by atoms with Crippen LogP contribution in [-0.2, 0) is 17.6 Å². The number of nitrogens with zero attached hydrogens (tertiary/aromatic N) is 3. The molecule has 0 aliphatic carbocycles. The van der Waals surface area contributed by atoms with E-state index in [2.05, 4.69) is 15.4 Å². The summed E-state index contributed by atoms with van der Waals surface area (Å²) in [7, 11) is 1.63. The Kier molecular flexibility index (Phi) is 6.04. The van der Waals surface area contributed by atoms with Crippen LogP contribution in [0.15, 0.2) is 53.9 Å². The molecule has 2 aromatic heterocycles. The summed E-state index contributed by atoms with van der Waals surface area (Å²) in [4.78, 5) is 17.3.